The van der Waals surface area contributed by atoms with Crippen molar-refractivity contribution in [3.63, 3.8) is 0 Å². The summed E-state index contributed by atoms with van der Waals surface area (Å²) in [4.78, 5) is 16.5. The molecule has 0 radical (unpaired) electrons. The van der Waals surface area contributed by atoms with Crippen molar-refractivity contribution >= 4 is 23.4 Å². The fraction of sp³-hybridized carbons (Fsp3) is 0.208. The fourth-order valence-electron chi connectivity index (χ4n) is 3.80. The summed E-state index contributed by atoms with van der Waals surface area (Å²) in [7, 11) is 0. The maximum Gasteiger partial charge on any atom is 0.241 e. The van der Waals surface area contributed by atoms with Crippen LogP contribution < -0.4 is 4.90 Å². The Kier molecular flexibility index (Phi) is 5.04. The smallest absolute Gasteiger partial charge is 0.241 e. The molecule has 0 saturated heterocycles. The van der Waals surface area contributed by atoms with Crippen LogP contribution in [-0.2, 0) is 4.79 Å². The Morgan fingerprint density at radius 3 is 2.26 bits per heavy atom. The van der Waals surface area contributed by atoms with Crippen molar-refractivity contribution < 1.29 is 4.79 Å². The molecule has 27 heavy (non-hydrogen) atoms. The van der Waals surface area contributed by atoms with Crippen molar-refractivity contribution in [2.24, 2.45) is 0 Å². The summed E-state index contributed by atoms with van der Waals surface area (Å²) in [6.07, 6.45) is 0. The van der Waals surface area contributed by atoms with Crippen LogP contribution >= 0.6 is 11.8 Å². The van der Waals surface area contributed by atoms with Gasteiger partial charge in [0.05, 0.1) is 5.25 Å². The van der Waals surface area contributed by atoms with E-state index < -0.39 is 0 Å². The summed E-state index contributed by atoms with van der Waals surface area (Å²) in [6.45, 7) is 4.81. The monoisotopic (exact) mass is 373 g/mol. The molecule has 136 valence electrons. The summed E-state index contributed by atoms with van der Waals surface area (Å²) < 4.78 is 0. The van der Waals surface area contributed by atoms with E-state index in [-0.39, 0.29) is 17.1 Å². The number of fused-ring (bicyclic) bond motifs is 1. The fourth-order valence-corrected chi connectivity index (χ4v) is 5.05. The SMILES string of the molecule is CCN1C(=O)[C@@H](Sc2ccc(C)cc2)[C@@H](c2ccccc2)c2ccccc21. The number of thioether (sulfide) groups is 1. The van der Waals surface area contributed by atoms with Gasteiger partial charge in [-0.15, -0.1) is 11.8 Å². The van der Waals surface area contributed by atoms with Crippen LogP contribution in [0.3, 0.4) is 0 Å². The number of nitrogens with zero attached hydrogens (tertiary/aromatic N) is 1. The van der Waals surface area contributed by atoms with E-state index in [9.17, 15) is 4.79 Å². The molecule has 0 spiro atoms. The second-order valence-electron chi connectivity index (χ2n) is 6.88. The first-order valence-corrected chi connectivity index (χ1v) is 10.3. The molecule has 1 aliphatic rings. The Hall–Kier alpha value is -2.52. The van der Waals surface area contributed by atoms with E-state index in [2.05, 4.69) is 73.7 Å². The first-order chi connectivity index (χ1) is 13.2. The summed E-state index contributed by atoms with van der Waals surface area (Å²) in [5, 5.41) is -0.176. The minimum absolute atomic E-state index is 0.0454. The molecule has 0 saturated carbocycles. The molecule has 3 heteroatoms. The Bertz CT molecular complexity index is 936. The zero-order chi connectivity index (χ0) is 18.8. The van der Waals surface area contributed by atoms with Gasteiger partial charge >= 0.3 is 0 Å². The second-order valence-corrected chi connectivity index (χ2v) is 8.10. The van der Waals surface area contributed by atoms with Crippen molar-refractivity contribution in [1.82, 2.24) is 0 Å². The van der Waals surface area contributed by atoms with Gasteiger partial charge in [0.1, 0.15) is 0 Å². The Morgan fingerprint density at radius 2 is 1.56 bits per heavy atom. The molecule has 1 heterocycles. The average Bonchev–Trinajstić information content (AvgIpc) is 2.71. The van der Waals surface area contributed by atoms with Gasteiger partial charge in [-0.05, 0) is 43.2 Å². The molecule has 0 bridgehead atoms. The van der Waals surface area contributed by atoms with Crippen LogP contribution in [0.25, 0.3) is 0 Å². The van der Waals surface area contributed by atoms with Crippen LogP contribution in [0, 0.1) is 6.92 Å². The predicted molar refractivity (Wildman–Crippen MR) is 114 cm³/mol. The average molecular weight is 374 g/mol. The minimum Gasteiger partial charge on any atom is -0.311 e. The van der Waals surface area contributed by atoms with Gasteiger partial charge in [0, 0.05) is 23.0 Å². The lowest BCUT2D eigenvalue weighted by Crippen LogP contribution is -2.45. The van der Waals surface area contributed by atoms with Gasteiger partial charge in [0.15, 0.2) is 0 Å². The number of rotatable bonds is 4. The van der Waals surface area contributed by atoms with Crippen molar-refractivity contribution in [3.05, 3.63) is 95.6 Å². The topological polar surface area (TPSA) is 20.3 Å². The summed E-state index contributed by atoms with van der Waals surface area (Å²) >= 11 is 1.68. The first-order valence-electron chi connectivity index (χ1n) is 9.37. The lowest BCUT2D eigenvalue weighted by atomic mass is 9.83. The first kappa shape index (κ1) is 17.9. The van der Waals surface area contributed by atoms with Crippen molar-refractivity contribution in [2.75, 3.05) is 11.4 Å². The lowest BCUT2D eigenvalue weighted by molar-refractivity contribution is -0.118. The number of hydrogen-bond acceptors (Lipinski definition) is 2. The molecule has 1 aliphatic heterocycles. The zero-order valence-electron chi connectivity index (χ0n) is 15.6. The van der Waals surface area contributed by atoms with Gasteiger partial charge < -0.3 is 4.90 Å². The maximum atomic E-state index is 13.5. The van der Waals surface area contributed by atoms with E-state index in [0.717, 1.165) is 10.6 Å². The lowest BCUT2D eigenvalue weighted by Gasteiger charge is -2.39. The normalized spacial score (nSPS) is 19.0. The van der Waals surface area contributed by atoms with Gasteiger partial charge in [0.2, 0.25) is 5.91 Å². The van der Waals surface area contributed by atoms with E-state index >= 15 is 0 Å². The highest BCUT2D eigenvalue weighted by molar-refractivity contribution is 8.00. The number of anilines is 1. The predicted octanol–water partition coefficient (Wildman–Crippen LogP) is 5.65. The number of benzene rings is 3. The second kappa shape index (κ2) is 7.61. The Labute approximate surface area is 165 Å². The molecular weight excluding hydrogens is 350 g/mol. The van der Waals surface area contributed by atoms with Crippen LogP contribution in [0.5, 0.6) is 0 Å². The third-order valence-electron chi connectivity index (χ3n) is 5.13. The quantitative estimate of drug-likeness (QED) is 0.588. The number of para-hydroxylation sites is 1. The molecule has 0 unspecified atom stereocenters. The highest BCUT2D eigenvalue weighted by Crippen LogP contribution is 2.46. The Balaban J connectivity index is 1.83. The van der Waals surface area contributed by atoms with Crippen LogP contribution in [0.15, 0.2) is 83.8 Å². The third kappa shape index (κ3) is 3.40. The molecule has 0 aliphatic carbocycles. The van der Waals surface area contributed by atoms with Crippen LogP contribution in [0.2, 0.25) is 0 Å². The van der Waals surface area contributed by atoms with Gasteiger partial charge in [-0.3, -0.25) is 4.79 Å². The van der Waals surface area contributed by atoms with Crippen LogP contribution in [0.1, 0.15) is 29.5 Å². The molecule has 0 fully saturated rings. The van der Waals surface area contributed by atoms with E-state index in [4.69, 9.17) is 0 Å². The van der Waals surface area contributed by atoms with Gasteiger partial charge in [-0.25, -0.2) is 0 Å². The van der Waals surface area contributed by atoms with Gasteiger partial charge in [-0.2, -0.15) is 0 Å². The number of hydrogen-bond donors (Lipinski definition) is 0. The van der Waals surface area contributed by atoms with Crippen LogP contribution in [0.4, 0.5) is 5.69 Å². The zero-order valence-corrected chi connectivity index (χ0v) is 16.4. The number of aryl methyl sites for hydroxylation is 1. The van der Waals surface area contributed by atoms with Crippen molar-refractivity contribution in [1.29, 1.82) is 0 Å². The number of carbonyl (C=O) groups is 1. The molecule has 3 aromatic carbocycles. The number of amides is 1. The molecular formula is C24H23NOS. The Morgan fingerprint density at radius 1 is 0.889 bits per heavy atom. The molecule has 2 nitrogen and oxygen atoms in total. The van der Waals surface area contributed by atoms with Gasteiger partial charge in [-0.1, -0.05) is 66.2 Å². The third-order valence-corrected chi connectivity index (χ3v) is 6.41. The van der Waals surface area contributed by atoms with Crippen molar-refractivity contribution in [3.8, 4) is 0 Å². The molecule has 2 atom stereocenters. The minimum atomic E-state index is -0.176. The molecule has 4 rings (SSSR count). The molecule has 0 N–H and O–H groups in total. The summed E-state index contributed by atoms with van der Waals surface area (Å²) in [6, 6.07) is 27.2. The highest BCUT2D eigenvalue weighted by atomic mass is 32.2. The van der Waals surface area contributed by atoms with E-state index in [1.165, 1.54) is 16.7 Å². The largest absolute Gasteiger partial charge is 0.311 e. The maximum absolute atomic E-state index is 13.5. The summed E-state index contributed by atoms with van der Waals surface area (Å²) in [5.41, 5.74) is 4.70. The molecule has 1 amide bonds. The van der Waals surface area contributed by atoms with Crippen molar-refractivity contribution in [2.45, 2.75) is 29.9 Å². The van der Waals surface area contributed by atoms with E-state index in [0.29, 0.717) is 6.54 Å². The van der Waals surface area contributed by atoms with E-state index in [1.807, 2.05) is 24.0 Å². The van der Waals surface area contributed by atoms with Gasteiger partial charge in [0.25, 0.3) is 0 Å². The number of carbonyl (C=O) groups excluding carboxylic acids is 1. The standard InChI is InChI=1S/C24H23NOS/c1-3-25-21-12-8-7-11-20(21)22(18-9-5-4-6-10-18)23(24(25)26)27-19-15-13-17(2)14-16-19/h4-16,22-23H,3H2,1-2H3/t22-,23-/m0/s1. The molecule has 3 aromatic rings. The molecule has 0 aromatic heterocycles. The van der Waals surface area contributed by atoms with E-state index in [1.54, 1.807) is 11.8 Å². The highest BCUT2D eigenvalue weighted by Gasteiger charge is 2.41. The van der Waals surface area contributed by atoms with Crippen LogP contribution in [-0.4, -0.2) is 17.7 Å². The summed E-state index contributed by atoms with van der Waals surface area (Å²) in [5.74, 6) is 0.236.